The van der Waals surface area contributed by atoms with E-state index in [-0.39, 0.29) is 23.2 Å². The summed E-state index contributed by atoms with van der Waals surface area (Å²) in [5, 5.41) is 10.6. The number of methoxy groups -OCH3 is 1. The van der Waals surface area contributed by atoms with Crippen LogP contribution in [0.15, 0.2) is 23.8 Å². The van der Waals surface area contributed by atoms with Gasteiger partial charge in [0.25, 0.3) is 0 Å². The molecule has 4 nitrogen and oxygen atoms in total. The van der Waals surface area contributed by atoms with Crippen molar-refractivity contribution in [1.82, 2.24) is 0 Å². The second kappa shape index (κ2) is 12.2. The Morgan fingerprint density at radius 3 is 2.57 bits per heavy atom. The van der Waals surface area contributed by atoms with Crippen molar-refractivity contribution in [3.05, 3.63) is 23.8 Å². The first-order valence-corrected chi connectivity index (χ1v) is 10.8. The minimum absolute atomic E-state index is 0.0879. The largest absolute Gasteiger partial charge is 0.469 e. The van der Waals surface area contributed by atoms with Gasteiger partial charge in [-0.3, -0.25) is 9.59 Å². The van der Waals surface area contributed by atoms with Crippen LogP contribution < -0.4 is 0 Å². The second-order valence-electron chi connectivity index (χ2n) is 9.11. The molecule has 0 aromatic carbocycles. The minimum Gasteiger partial charge on any atom is -0.469 e. The number of hydrogen-bond donors (Lipinski definition) is 1. The third-order valence-electron chi connectivity index (χ3n) is 5.91. The molecule has 0 saturated heterocycles. The van der Waals surface area contributed by atoms with Crippen LogP contribution in [0.5, 0.6) is 0 Å². The Kier molecular flexibility index (Phi) is 10.7. The van der Waals surface area contributed by atoms with Crippen molar-refractivity contribution < 1.29 is 19.4 Å². The van der Waals surface area contributed by atoms with Gasteiger partial charge in [-0.1, -0.05) is 56.9 Å². The zero-order chi connectivity index (χ0) is 21.2. The number of ketones is 1. The number of Topliss-reactive ketones (excluding diaryl/α,β-unsaturated/α-hetero) is 1. The zero-order valence-electron chi connectivity index (χ0n) is 18.5. The molecule has 0 aromatic rings. The number of carbonyl (C=O) groups excluding carboxylic acids is 2. The average Bonchev–Trinajstić information content (AvgIpc) is 3.00. The molecule has 1 N–H and O–H groups in total. The number of ether oxygens (including phenoxy) is 1. The van der Waals surface area contributed by atoms with Crippen LogP contribution in [0, 0.1) is 17.3 Å². The van der Waals surface area contributed by atoms with Crippen LogP contribution in [0.25, 0.3) is 0 Å². The van der Waals surface area contributed by atoms with Crippen molar-refractivity contribution in [3.63, 3.8) is 0 Å². The molecule has 1 aliphatic carbocycles. The Bertz CT molecular complexity index is 555. The van der Waals surface area contributed by atoms with Gasteiger partial charge in [0.05, 0.1) is 13.2 Å². The molecule has 0 aliphatic heterocycles. The summed E-state index contributed by atoms with van der Waals surface area (Å²) in [6.07, 6.45) is 13.3. The van der Waals surface area contributed by atoms with E-state index in [0.717, 1.165) is 44.9 Å². The zero-order valence-corrected chi connectivity index (χ0v) is 18.5. The molecular formula is C24H40O4. The smallest absolute Gasteiger partial charge is 0.305 e. The number of aliphatic hydroxyl groups excluding tert-OH is 1. The summed E-state index contributed by atoms with van der Waals surface area (Å²) in [6, 6.07) is 0. The number of hydrogen-bond acceptors (Lipinski definition) is 4. The summed E-state index contributed by atoms with van der Waals surface area (Å²) in [6.45, 7) is 8.30. The number of esters is 1. The van der Waals surface area contributed by atoms with Gasteiger partial charge in [0.15, 0.2) is 0 Å². The van der Waals surface area contributed by atoms with E-state index in [4.69, 9.17) is 0 Å². The normalized spacial score (nSPS) is 21.1. The fraction of sp³-hybridized carbons (Fsp3) is 0.750. The minimum atomic E-state index is -0.516. The van der Waals surface area contributed by atoms with E-state index >= 15 is 0 Å². The summed E-state index contributed by atoms with van der Waals surface area (Å²) in [5.41, 5.74) is 1.04. The van der Waals surface area contributed by atoms with Crippen molar-refractivity contribution in [1.29, 1.82) is 0 Å². The predicted octanol–water partition coefficient (Wildman–Crippen LogP) is 5.39. The number of unbranched alkanes of at least 4 members (excludes halogenated alkanes) is 3. The molecule has 1 rings (SSSR count). The number of rotatable bonds is 12. The van der Waals surface area contributed by atoms with Gasteiger partial charge in [-0.15, -0.1) is 0 Å². The van der Waals surface area contributed by atoms with E-state index < -0.39 is 6.10 Å². The number of aliphatic hydroxyl groups is 1. The van der Waals surface area contributed by atoms with Gasteiger partial charge in [0.2, 0.25) is 0 Å². The van der Waals surface area contributed by atoms with Crippen LogP contribution >= 0.6 is 0 Å². The van der Waals surface area contributed by atoms with Crippen LogP contribution in [0.3, 0.4) is 0 Å². The van der Waals surface area contributed by atoms with Crippen molar-refractivity contribution >= 4 is 11.8 Å². The molecule has 1 unspecified atom stereocenters. The SMILES string of the molecule is COC(=O)CCCCCC[C@H]1C(=O)CC[C@@H]1C=CC(O)C(C)(C)CC=C(C)C. The maximum Gasteiger partial charge on any atom is 0.305 e. The Hall–Kier alpha value is -1.42. The molecule has 3 atom stereocenters. The molecule has 0 heterocycles. The van der Waals surface area contributed by atoms with Crippen molar-refractivity contribution in [2.24, 2.45) is 17.3 Å². The Balaban J connectivity index is 2.46. The molecule has 0 aromatic heterocycles. The summed E-state index contributed by atoms with van der Waals surface area (Å²) >= 11 is 0. The summed E-state index contributed by atoms with van der Waals surface area (Å²) in [5.74, 6) is 0.547. The van der Waals surface area contributed by atoms with Crippen molar-refractivity contribution in [2.75, 3.05) is 7.11 Å². The fourth-order valence-corrected chi connectivity index (χ4v) is 3.73. The van der Waals surface area contributed by atoms with Gasteiger partial charge in [-0.2, -0.15) is 0 Å². The van der Waals surface area contributed by atoms with E-state index in [9.17, 15) is 14.7 Å². The lowest BCUT2D eigenvalue weighted by Crippen LogP contribution is -2.27. The Morgan fingerprint density at radius 2 is 1.93 bits per heavy atom. The van der Waals surface area contributed by atoms with E-state index in [0.29, 0.717) is 18.6 Å². The van der Waals surface area contributed by atoms with Crippen LogP contribution in [0.4, 0.5) is 0 Å². The van der Waals surface area contributed by atoms with Crippen molar-refractivity contribution in [2.45, 2.75) is 91.6 Å². The molecule has 1 saturated carbocycles. The average molecular weight is 393 g/mol. The number of carbonyl (C=O) groups is 2. The van der Waals surface area contributed by atoms with E-state index in [2.05, 4.69) is 44.6 Å². The lowest BCUT2D eigenvalue weighted by molar-refractivity contribution is -0.140. The Labute approximate surface area is 171 Å². The van der Waals surface area contributed by atoms with Gasteiger partial charge in [0.1, 0.15) is 5.78 Å². The molecule has 160 valence electrons. The molecule has 1 aliphatic rings. The highest BCUT2D eigenvalue weighted by atomic mass is 16.5. The van der Waals surface area contributed by atoms with E-state index in [1.54, 1.807) is 0 Å². The first kappa shape index (κ1) is 24.6. The maximum atomic E-state index is 12.3. The highest BCUT2D eigenvalue weighted by Gasteiger charge is 2.33. The van der Waals surface area contributed by atoms with Gasteiger partial charge in [0, 0.05) is 18.8 Å². The summed E-state index contributed by atoms with van der Waals surface area (Å²) < 4.78 is 4.65. The highest BCUT2D eigenvalue weighted by Crippen LogP contribution is 2.35. The lowest BCUT2D eigenvalue weighted by Gasteiger charge is -2.28. The lowest BCUT2D eigenvalue weighted by atomic mass is 9.81. The van der Waals surface area contributed by atoms with E-state index in [1.807, 2.05) is 6.08 Å². The molecule has 0 radical (unpaired) electrons. The number of allylic oxidation sites excluding steroid dienone is 3. The maximum absolute atomic E-state index is 12.3. The van der Waals surface area contributed by atoms with E-state index in [1.165, 1.54) is 12.7 Å². The predicted molar refractivity (Wildman–Crippen MR) is 114 cm³/mol. The third kappa shape index (κ3) is 8.72. The fourth-order valence-electron chi connectivity index (χ4n) is 3.73. The first-order chi connectivity index (χ1) is 13.2. The quantitative estimate of drug-likeness (QED) is 0.274. The third-order valence-corrected chi connectivity index (χ3v) is 5.91. The monoisotopic (exact) mass is 392 g/mol. The molecule has 28 heavy (non-hydrogen) atoms. The van der Waals surface area contributed by atoms with Gasteiger partial charge < -0.3 is 9.84 Å². The van der Waals surface area contributed by atoms with Gasteiger partial charge in [-0.05, 0) is 50.9 Å². The molecule has 1 fully saturated rings. The molecular weight excluding hydrogens is 352 g/mol. The van der Waals surface area contributed by atoms with Crippen LogP contribution in [0.2, 0.25) is 0 Å². The van der Waals surface area contributed by atoms with Crippen LogP contribution in [-0.2, 0) is 14.3 Å². The van der Waals surface area contributed by atoms with Crippen LogP contribution in [0.1, 0.15) is 85.5 Å². The summed E-state index contributed by atoms with van der Waals surface area (Å²) in [7, 11) is 1.42. The molecule has 0 spiro atoms. The molecule has 0 bridgehead atoms. The second-order valence-corrected chi connectivity index (χ2v) is 9.11. The molecule has 4 heteroatoms. The highest BCUT2D eigenvalue weighted by molar-refractivity contribution is 5.83. The van der Waals surface area contributed by atoms with Gasteiger partial charge in [-0.25, -0.2) is 0 Å². The van der Waals surface area contributed by atoms with Gasteiger partial charge >= 0.3 is 5.97 Å². The topological polar surface area (TPSA) is 63.6 Å². The first-order valence-electron chi connectivity index (χ1n) is 10.8. The molecule has 0 amide bonds. The van der Waals surface area contributed by atoms with Crippen LogP contribution in [-0.4, -0.2) is 30.1 Å². The standard InChI is InChI=1S/C24H40O4/c1-18(2)16-17-24(3,4)22(26)15-13-19-12-14-21(25)20(19)10-8-6-7-9-11-23(27)28-5/h13,15-16,19-20,22,26H,6-12,14,17H2,1-5H3/t19-,20-,22?/m1/s1. The summed E-state index contributed by atoms with van der Waals surface area (Å²) in [4.78, 5) is 23.4. The Morgan fingerprint density at radius 1 is 1.25 bits per heavy atom. The van der Waals surface area contributed by atoms with Crippen molar-refractivity contribution in [3.8, 4) is 0 Å².